The Hall–Kier alpha value is -2.64. The summed E-state index contributed by atoms with van der Waals surface area (Å²) in [5, 5.41) is 10.0. The van der Waals surface area contributed by atoms with E-state index in [2.05, 4.69) is 0 Å². The second-order valence-corrected chi connectivity index (χ2v) is 7.90. The fraction of sp³-hybridized carbons (Fsp3) is 0.0500. The van der Waals surface area contributed by atoms with E-state index in [0.717, 1.165) is 22.8 Å². The van der Waals surface area contributed by atoms with Crippen LogP contribution >= 0.6 is 7.14 Å². The Kier molecular flexibility index (Phi) is 6.11. The molecule has 3 aromatic rings. The summed E-state index contributed by atoms with van der Waals surface area (Å²) in [5.41, 5.74) is 0. The first-order valence-electron chi connectivity index (χ1n) is 7.51. The van der Waals surface area contributed by atoms with E-state index < -0.39 is 13.1 Å². The summed E-state index contributed by atoms with van der Waals surface area (Å²) in [5.74, 6) is -0.833. The number of rotatable bonds is 3. The molecule has 0 atom stereocenters. The Morgan fingerprint density at radius 2 is 0.875 bits per heavy atom. The Labute approximate surface area is 142 Å². The van der Waals surface area contributed by atoms with Crippen LogP contribution in [-0.4, -0.2) is 11.1 Å². The highest BCUT2D eigenvalue weighted by Gasteiger charge is 2.28. The van der Waals surface area contributed by atoms with Gasteiger partial charge >= 0.3 is 0 Å². The number of hydrogen-bond acceptors (Lipinski definition) is 2. The summed E-state index contributed by atoms with van der Waals surface area (Å²) in [7, 11) is -2.78. The zero-order valence-corrected chi connectivity index (χ0v) is 14.3. The second kappa shape index (κ2) is 8.28. The maximum absolute atomic E-state index is 13.8. The van der Waals surface area contributed by atoms with E-state index in [9.17, 15) is 4.57 Å². The van der Waals surface area contributed by atoms with Gasteiger partial charge < -0.3 is 9.67 Å². The molecule has 0 unspecified atom stereocenters. The molecule has 0 bridgehead atoms. The Bertz CT molecular complexity index is 708. The van der Waals surface area contributed by atoms with Gasteiger partial charge in [0.1, 0.15) is 0 Å². The molecule has 0 aliphatic heterocycles. The SMILES string of the molecule is CC(=O)O.O=P(c1ccccc1)(c1ccccc1)c1ccccc1. The number of aliphatic carboxylic acids is 1. The number of benzene rings is 3. The van der Waals surface area contributed by atoms with Crippen molar-refractivity contribution in [2.24, 2.45) is 0 Å². The minimum Gasteiger partial charge on any atom is -0.481 e. The molecule has 1 N–H and O–H groups in total. The van der Waals surface area contributed by atoms with Crippen LogP contribution in [0.3, 0.4) is 0 Å². The Morgan fingerprint density at radius 1 is 0.667 bits per heavy atom. The fourth-order valence-electron chi connectivity index (χ4n) is 2.36. The predicted octanol–water partition coefficient (Wildman–Crippen LogP) is 3.42. The van der Waals surface area contributed by atoms with Crippen molar-refractivity contribution >= 4 is 29.0 Å². The highest BCUT2D eigenvalue weighted by molar-refractivity contribution is 7.85. The van der Waals surface area contributed by atoms with Gasteiger partial charge in [0, 0.05) is 22.8 Å². The summed E-state index contributed by atoms with van der Waals surface area (Å²) in [6.07, 6.45) is 0. The first kappa shape index (κ1) is 17.7. The molecule has 0 aromatic heterocycles. The van der Waals surface area contributed by atoms with Gasteiger partial charge in [-0.3, -0.25) is 4.79 Å². The van der Waals surface area contributed by atoms with Gasteiger partial charge in [-0.05, 0) is 0 Å². The summed E-state index contributed by atoms with van der Waals surface area (Å²) in [6.45, 7) is 1.08. The minimum atomic E-state index is -2.78. The average molecular weight is 338 g/mol. The molecular formula is C20H19O3P. The van der Waals surface area contributed by atoms with E-state index in [0.29, 0.717) is 0 Å². The number of carbonyl (C=O) groups is 1. The van der Waals surface area contributed by atoms with Gasteiger partial charge in [0.05, 0.1) is 0 Å². The van der Waals surface area contributed by atoms with Crippen molar-refractivity contribution in [3.63, 3.8) is 0 Å². The van der Waals surface area contributed by atoms with Crippen LogP contribution in [0.5, 0.6) is 0 Å². The quantitative estimate of drug-likeness (QED) is 0.745. The van der Waals surface area contributed by atoms with Crippen LogP contribution in [0.15, 0.2) is 91.0 Å². The molecule has 0 saturated heterocycles. The third-order valence-electron chi connectivity index (χ3n) is 3.36. The topological polar surface area (TPSA) is 54.4 Å². The van der Waals surface area contributed by atoms with Gasteiger partial charge in [-0.1, -0.05) is 91.0 Å². The molecule has 3 rings (SSSR count). The van der Waals surface area contributed by atoms with Crippen molar-refractivity contribution in [3.05, 3.63) is 91.0 Å². The van der Waals surface area contributed by atoms with Crippen LogP contribution in [0.1, 0.15) is 6.92 Å². The van der Waals surface area contributed by atoms with Crippen molar-refractivity contribution in [1.29, 1.82) is 0 Å². The Morgan fingerprint density at radius 3 is 1.08 bits per heavy atom. The fourth-order valence-corrected chi connectivity index (χ4v) is 5.03. The molecule has 3 nitrogen and oxygen atoms in total. The van der Waals surface area contributed by atoms with Gasteiger partial charge in [-0.25, -0.2) is 0 Å². The lowest BCUT2D eigenvalue weighted by atomic mass is 10.4. The summed E-state index contributed by atoms with van der Waals surface area (Å²) in [4.78, 5) is 9.00. The highest BCUT2D eigenvalue weighted by atomic mass is 31.2. The van der Waals surface area contributed by atoms with Gasteiger partial charge in [0.2, 0.25) is 0 Å². The van der Waals surface area contributed by atoms with Crippen LogP contribution in [0.2, 0.25) is 0 Å². The summed E-state index contributed by atoms with van der Waals surface area (Å²) < 4.78 is 13.8. The molecule has 0 aliphatic rings. The molecule has 0 aliphatic carbocycles. The molecule has 0 amide bonds. The standard InChI is InChI=1S/C18H15OP.C2H4O2/c19-20(16-10-4-1-5-11-16,17-12-6-2-7-13-17)18-14-8-3-9-15-18;1-2(3)4/h1-15H;1H3,(H,3,4). The molecule has 0 saturated carbocycles. The number of carboxylic acids is 1. The van der Waals surface area contributed by atoms with Crippen LogP contribution in [-0.2, 0) is 9.36 Å². The molecule has 4 heteroatoms. The van der Waals surface area contributed by atoms with Crippen molar-refractivity contribution < 1.29 is 14.5 Å². The van der Waals surface area contributed by atoms with Crippen LogP contribution < -0.4 is 15.9 Å². The molecule has 122 valence electrons. The third kappa shape index (κ3) is 4.21. The zero-order chi connectivity index (χ0) is 17.4. The van der Waals surface area contributed by atoms with Crippen LogP contribution in [0, 0.1) is 0 Å². The molecule has 0 fully saturated rings. The zero-order valence-electron chi connectivity index (χ0n) is 13.4. The van der Waals surface area contributed by atoms with E-state index in [1.54, 1.807) is 0 Å². The molecule has 3 aromatic carbocycles. The highest BCUT2D eigenvalue weighted by Crippen LogP contribution is 2.41. The predicted molar refractivity (Wildman–Crippen MR) is 99.1 cm³/mol. The smallest absolute Gasteiger partial charge is 0.300 e. The van der Waals surface area contributed by atoms with Crippen molar-refractivity contribution in [3.8, 4) is 0 Å². The Balaban J connectivity index is 0.000000471. The lowest BCUT2D eigenvalue weighted by Crippen LogP contribution is -2.24. The molecule has 0 heterocycles. The molecular weight excluding hydrogens is 319 g/mol. The number of carboxylic acid groups (broad SMARTS) is 1. The van der Waals surface area contributed by atoms with E-state index in [1.165, 1.54) is 0 Å². The van der Waals surface area contributed by atoms with Crippen LogP contribution in [0.4, 0.5) is 0 Å². The van der Waals surface area contributed by atoms with Crippen molar-refractivity contribution in [2.45, 2.75) is 6.92 Å². The van der Waals surface area contributed by atoms with Gasteiger partial charge in [-0.2, -0.15) is 0 Å². The molecule has 0 spiro atoms. The van der Waals surface area contributed by atoms with Crippen molar-refractivity contribution in [1.82, 2.24) is 0 Å². The van der Waals surface area contributed by atoms with E-state index in [-0.39, 0.29) is 0 Å². The number of hydrogen-bond donors (Lipinski definition) is 1. The summed E-state index contributed by atoms with van der Waals surface area (Å²) >= 11 is 0. The maximum Gasteiger partial charge on any atom is 0.300 e. The first-order chi connectivity index (χ1) is 11.5. The van der Waals surface area contributed by atoms with Gasteiger partial charge in [0.25, 0.3) is 5.97 Å². The normalized spacial score (nSPS) is 10.4. The lowest BCUT2D eigenvalue weighted by molar-refractivity contribution is -0.134. The first-order valence-corrected chi connectivity index (χ1v) is 9.22. The monoisotopic (exact) mass is 338 g/mol. The lowest BCUT2D eigenvalue weighted by Gasteiger charge is -2.19. The largest absolute Gasteiger partial charge is 0.481 e. The molecule has 24 heavy (non-hydrogen) atoms. The average Bonchev–Trinajstić information content (AvgIpc) is 2.63. The summed E-state index contributed by atoms with van der Waals surface area (Å²) in [6, 6.07) is 29.1. The van der Waals surface area contributed by atoms with Gasteiger partial charge in [0.15, 0.2) is 7.14 Å². The minimum absolute atomic E-state index is 0.833. The maximum atomic E-state index is 13.8. The second-order valence-electron chi connectivity index (χ2n) is 5.13. The molecule has 0 radical (unpaired) electrons. The van der Waals surface area contributed by atoms with E-state index in [1.807, 2.05) is 91.0 Å². The van der Waals surface area contributed by atoms with Crippen molar-refractivity contribution in [2.75, 3.05) is 0 Å². The van der Waals surface area contributed by atoms with E-state index in [4.69, 9.17) is 9.90 Å². The van der Waals surface area contributed by atoms with Gasteiger partial charge in [-0.15, -0.1) is 0 Å². The third-order valence-corrected chi connectivity index (χ3v) is 6.44. The van der Waals surface area contributed by atoms with Crippen LogP contribution in [0.25, 0.3) is 0 Å². The van der Waals surface area contributed by atoms with E-state index >= 15 is 0 Å².